The fourth-order valence-electron chi connectivity index (χ4n) is 3.13. The maximum atomic E-state index is 13.9. The molecule has 0 fully saturated rings. The number of aryl methyl sites for hydroxylation is 1. The molecule has 0 radical (unpaired) electrons. The minimum atomic E-state index is -4.91. The molecule has 0 aliphatic heterocycles. The average molecular weight is 534 g/mol. The summed E-state index contributed by atoms with van der Waals surface area (Å²) >= 11 is 0. The molecule has 3 rings (SSSR count). The molecule has 3 aromatic rings. The average Bonchev–Trinajstić information content (AvgIpc) is 2.71. The van der Waals surface area contributed by atoms with E-state index in [2.05, 4.69) is 19.6 Å². The molecule has 0 saturated carbocycles. The smallest absolute Gasteiger partial charge is 0.485 e. The van der Waals surface area contributed by atoms with Gasteiger partial charge in [-0.1, -0.05) is 0 Å². The Morgan fingerprint density at radius 1 is 1.20 bits per heavy atom. The van der Waals surface area contributed by atoms with Gasteiger partial charge >= 0.3 is 5.51 Å². The highest BCUT2D eigenvalue weighted by molar-refractivity contribution is 7.92. The van der Waals surface area contributed by atoms with Crippen LogP contribution >= 0.6 is 0 Å². The predicted molar refractivity (Wildman–Crippen MR) is 128 cm³/mol. The number of fused-ring (bicyclic) bond motifs is 1. The van der Waals surface area contributed by atoms with E-state index in [0.717, 1.165) is 11.6 Å². The number of nitrogens with zero attached hydrogens (tertiary/aromatic N) is 3. The van der Waals surface area contributed by atoms with E-state index in [1.54, 1.807) is 19.1 Å². The SMILES string of the molecule is Cc1cc(N=S(C)(C)=O)cc2ncnc(Nc3ccc(F)cc3O[C@H](C)CNS(=O)C(F)(F)F)c12. The quantitative estimate of drug-likeness (QED) is 0.406. The van der Waals surface area contributed by atoms with Crippen LogP contribution in [0.15, 0.2) is 41.0 Å². The van der Waals surface area contributed by atoms with Crippen LogP contribution in [0.25, 0.3) is 10.9 Å². The Morgan fingerprint density at radius 2 is 1.91 bits per heavy atom. The van der Waals surface area contributed by atoms with Crippen LogP contribution in [-0.4, -0.2) is 49.1 Å². The van der Waals surface area contributed by atoms with Crippen molar-refractivity contribution in [1.29, 1.82) is 0 Å². The highest BCUT2D eigenvalue weighted by atomic mass is 32.2. The predicted octanol–water partition coefficient (Wildman–Crippen LogP) is 4.72. The highest BCUT2D eigenvalue weighted by Crippen LogP contribution is 2.34. The lowest BCUT2D eigenvalue weighted by Gasteiger charge is -2.19. The molecule has 2 N–H and O–H groups in total. The molecule has 0 saturated heterocycles. The Hall–Kier alpha value is -2.84. The number of benzene rings is 2. The van der Waals surface area contributed by atoms with E-state index in [1.165, 1.54) is 37.9 Å². The second-order valence-electron chi connectivity index (χ2n) is 7.91. The zero-order valence-electron chi connectivity index (χ0n) is 19.1. The van der Waals surface area contributed by atoms with E-state index >= 15 is 0 Å². The van der Waals surface area contributed by atoms with Gasteiger partial charge in [-0.25, -0.2) is 27.5 Å². The van der Waals surface area contributed by atoms with E-state index in [1.807, 2.05) is 4.72 Å². The molecule has 0 aliphatic carbocycles. The Kier molecular flexibility index (Phi) is 7.97. The van der Waals surface area contributed by atoms with Crippen molar-refractivity contribution in [3.8, 4) is 5.75 Å². The van der Waals surface area contributed by atoms with Crippen LogP contribution in [0, 0.1) is 12.7 Å². The largest absolute Gasteiger partial charge is 0.487 e. The van der Waals surface area contributed by atoms with E-state index < -0.39 is 44.7 Å². The van der Waals surface area contributed by atoms with Crippen molar-refractivity contribution in [1.82, 2.24) is 14.7 Å². The third-order valence-electron chi connectivity index (χ3n) is 4.48. The summed E-state index contributed by atoms with van der Waals surface area (Å²) in [7, 11) is -5.63. The third-order valence-corrected chi connectivity index (χ3v) is 5.98. The minimum absolute atomic E-state index is 0.0184. The first kappa shape index (κ1) is 26.8. The number of aromatic nitrogens is 2. The first-order valence-corrected chi connectivity index (χ1v) is 13.6. The standard InChI is InChI=1S/C21H23F4N5O3S2/c1-12-7-15(30-35(3,4)32)9-17-19(12)20(27-11-26-17)29-16-6-5-14(22)8-18(16)33-13(2)10-28-34(31)21(23,24)25/h5-9,11,13,28H,10H2,1-4H3,(H,26,27,29)/t13-,34?/m1/s1. The van der Waals surface area contributed by atoms with Gasteiger partial charge in [0.2, 0.25) is 0 Å². The van der Waals surface area contributed by atoms with Crippen LogP contribution in [-0.2, 0) is 20.7 Å². The molecule has 190 valence electrons. The summed E-state index contributed by atoms with van der Waals surface area (Å²) in [5, 5.41) is 3.69. The lowest BCUT2D eigenvalue weighted by Crippen LogP contribution is -2.36. The maximum absolute atomic E-state index is 13.9. The lowest BCUT2D eigenvalue weighted by atomic mass is 10.1. The third kappa shape index (κ3) is 7.32. The van der Waals surface area contributed by atoms with Gasteiger partial charge in [0.25, 0.3) is 0 Å². The van der Waals surface area contributed by atoms with Crippen molar-refractivity contribution in [3.05, 3.63) is 48.0 Å². The number of nitrogens with one attached hydrogen (secondary N) is 2. The number of anilines is 2. The molecular weight excluding hydrogens is 510 g/mol. The van der Waals surface area contributed by atoms with Gasteiger partial charge in [-0.05, 0) is 43.7 Å². The van der Waals surface area contributed by atoms with Gasteiger partial charge in [-0.3, -0.25) is 0 Å². The van der Waals surface area contributed by atoms with Gasteiger partial charge in [0, 0.05) is 40.2 Å². The summed E-state index contributed by atoms with van der Waals surface area (Å²) < 4.78 is 86.2. The van der Waals surface area contributed by atoms with Crippen LogP contribution < -0.4 is 14.8 Å². The number of ether oxygens (including phenoxy) is 1. The summed E-state index contributed by atoms with van der Waals surface area (Å²) in [4.78, 5) is 8.52. The fourth-order valence-corrected chi connectivity index (χ4v) is 4.30. The summed E-state index contributed by atoms with van der Waals surface area (Å²) in [6.45, 7) is 2.85. The van der Waals surface area contributed by atoms with Gasteiger partial charge in [-0.15, -0.1) is 0 Å². The fraction of sp³-hybridized carbons (Fsp3) is 0.333. The zero-order valence-corrected chi connectivity index (χ0v) is 20.8. The first-order chi connectivity index (χ1) is 16.2. The normalized spacial score (nSPS) is 13.9. The van der Waals surface area contributed by atoms with E-state index in [9.17, 15) is 26.0 Å². The molecule has 2 atom stereocenters. The molecule has 0 aliphatic rings. The highest BCUT2D eigenvalue weighted by Gasteiger charge is 2.37. The Bertz CT molecular complexity index is 1380. The molecular formula is C21H23F4N5O3S2. The summed E-state index contributed by atoms with van der Waals surface area (Å²) in [5.41, 5.74) is -2.84. The zero-order chi connectivity index (χ0) is 26.0. The second-order valence-corrected chi connectivity index (χ2v) is 11.7. The molecule has 14 heteroatoms. The van der Waals surface area contributed by atoms with E-state index in [0.29, 0.717) is 28.1 Å². The van der Waals surface area contributed by atoms with Crippen LogP contribution in [0.5, 0.6) is 5.75 Å². The molecule has 1 heterocycles. The van der Waals surface area contributed by atoms with Crippen molar-refractivity contribution in [2.45, 2.75) is 25.5 Å². The molecule has 0 spiro atoms. The Labute approximate surface area is 202 Å². The molecule has 1 unspecified atom stereocenters. The molecule has 1 aromatic heterocycles. The van der Waals surface area contributed by atoms with Gasteiger partial charge in [0.15, 0.2) is 11.0 Å². The van der Waals surface area contributed by atoms with Crippen LogP contribution in [0.3, 0.4) is 0 Å². The number of alkyl halides is 3. The maximum Gasteiger partial charge on any atom is 0.485 e. The van der Waals surface area contributed by atoms with Crippen LogP contribution in [0.1, 0.15) is 12.5 Å². The molecule has 0 bridgehead atoms. The summed E-state index contributed by atoms with van der Waals surface area (Å²) in [6.07, 6.45) is 3.47. The van der Waals surface area contributed by atoms with Gasteiger partial charge < -0.3 is 10.1 Å². The minimum Gasteiger partial charge on any atom is -0.487 e. The van der Waals surface area contributed by atoms with Crippen molar-refractivity contribution >= 4 is 48.8 Å². The molecule has 2 aromatic carbocycles. The number of rotatable bonds is 8. The van der Waals surface area contributed by atoms with Gasteiger partial charge in [0.05, 0.1) is 16.9 Å². The lowest BCUT2D eigenvalue weighted by molar-refractivity contribution is -0.0395. The van der Waals surface area contributed by atoms with E-state index in [4.69, 9.17) is 4.74 Å². The summed E-state index contributed by atoms with van der Waals surface area (Å²) in [5.74, 6) is -0.236. The van der Waals surface area contributed by atoms with Crippen molar-refractivity contribution in [2.24, 2.45) is 4.36 Å². The van der Waals surface area contributed by atoms with Crippen molar-refractivity contribution < 1.29 is 30.7 Å². The molecule has 35 heavy (non-hydrogen) atoms. The summed E-state index contributed by atoms with van der Waals surface area (Å²) in [6, 6.07) is 7.06. The Morgan fingerprint density at radius 3 is 2.57 bits per heavy atom. The van der Waals surface area contributed by atoms with E-state index in [-0.39, 0.29) is 5.75 Å². The second kappa shape index (κ2) is 10.4. The van der Waals surface area contributed by atoms with Crippen molar-refractivity contribution in [2.75, 3.05) is 24.4 Å². The van der Waals surface area contributed by atoms with Crippen LogP contribution in [0.2, 0.25) is 0 Å². The molecule has 0 amide bonds. The first-order valence-electron chi connectivity index (χ1n) is 10.1. The topological polar surface area (TPSA) is 106 Å². The van der Waals surface area contributed by atoms with Gasteiger partial charge in [-0.2, -0.15) is 17.5 Å². The Balaban J connectivity index is 1.90. The number of hydrogen-bond donors (Lipinski definition) is 2. The number of hydrogen-bond acceptors (Lipinski definition) is 7. The van der Waals surface area contributed by atoms with Gasteiger partial charge in [0.1, 0.15) is 29.8 Å². The van der Waals surface area contributed by atoms with Crippen molar-refractivity contribution in [3.63, 3.8) is 0 Å². The monoisotopic (exact) mass is 533 g/mol. The van der Waals surface area contributed by atoms with Crippen LogP contribution in [0.4, 0.5) is 34.8 Å². The molecule has 8 nitrogen and oxygen atoms in total. The number of halogens is 4.